The van der Waals surface area contributed by atoms with Crippen molar-refractivity contribution in [2.24, 2.45) is 7.05 Å². The van der Waals surface area contributed by atoms with Crippen LogP contribution in [0.25, 0.3) is 0 Å². The zero-order valence-corrected chi connectivity index (χ0v) is 10.5. The van der Waals surface area contributed by atoms with Crippen molar-refractivity contribution in [1.29, 1.82) is 0 Å². The lowest BCUT2D eigenvalue weighted by atomic mass is 9.94. The fourth-order valence-electron chi connectivity index (χ4n) is 1.83. The van der Waals surface area contributed by atoms with E-state index in [-0.39, 0.29) is 5.25 Å². The van der Waals surface area contributed by atoms with Crippen LogP contribution in [0, 0.1) is 0 Å². The van der Waals surface area contributed by atoms with E-state index in [0.29, 0.717) is 4.60 Å². The Morgan fingerprint density at radius 1 is 1.71 bits per heavy atom. The number of nitrogens with zero attached hydrogens (tertiary/aromatic N) is 3. The molecule has 0 bridgehead atoms. The highest BCUT2D eigenvalue weighted by molar-refractivity contribution is 9.10. The van der Waals surface area contributed by atoms with E-state index in [2.05, 4.69) is 26.2 Å². The molecule has 0 aliphatic carbocycles. The quantitative estimate of drug-likeness (QED) is 0.841. The van der Waals surface area contributed by atoms with Crippen LogP contribution in [0.1, 0.15) is 19.0 Å². The first-order chi connectivity index (χ1) is 6.55. The third-order valence-corrected chi connectivity index (χ3v) is 4.58. The van der Waals surface area contributed by atoms with Crippen LogP contribution in [0.15, 0.2) is 4.60 Å². The van der Waals surface area contributed by atoms with Crippen LogP contribution in [0.4, 0.5) is 0 Å². The lowest BCUT2D eigenvalue weighted by Crippen LogP contribution is -2.34. The molecular formula is C8H12BrN3OS. The van der Waals surface area contributed by atoms with E-state index < -0.39 is 5.60 Å². The van der Waals surface area contributed by atoms with Gasteiger partial charge in [-0.15, -0.1) is 5.10 Å². The zero-order valence-electron chi connectivity index (χ0n) is 8.07. The van der Waals surface area contributed by atoms with Crippen LogP contribution < -0.4 is 0 Å². The number of aryl methyl sites for hydroxylation is 1. The standard InChI is InChI=1S/C8H12BrN3OS/c1-5-8(13,3-4-14-5)6-7(9)10-11-12(6)2/h5,13H,3-4H2,1-2H3. The zero-order chi connectivity index (χ0) is 10.3. The molecule has 78 valence electrons. The predicted molar refractivity (Wildman–Crippen MR) is 59.1 cm³/mol. The van der Waals surface area contributed by atoms with Crippen LogP contribution in [0.2, 0.25) is 0 Å². The lowest BCUT2D eigenvalue weighted by molar-refractivity contribution is 0.0336. The predicted octanol–water partition coefficient (Wildman–Crippen LogP) is 1.29. The molecule has 1 aromatic rings. The number of hydrogen-bond donors (Lipinski definition) is 1. The molecular weight excluding hydrogens is 266 g/mol. The van der Waals surface area contributed by atoms with Gasteiger partial charge < -0.3 is 5.11 Å². The molecule has 2 heterocycles. The molecule has 2 atom stereocenters. The summed E-state index contributed by atoms with van der Waals surface area (Å²) in [5, 5.41) is 18.5. The van der Waals surface area contributed by atoms with E-state index in [1.54, 1.807) is 23.5 Å². The minimum absolute atomic E-state index is 0.191. The van der Waals surface area contributed by atoms with Crippen molar-refractivity contribution in [2.45, 2.75) is 24.2 Å². The van der Waals surface area contributed by atoms with Crippen molar-refractivity contribution >= 4 is 27.7 Å². The summed E-state index contributed by atoms with van der Waals surface area (Å²) in [5.74, 6) is 0.981. The fraction of sp³-hybridized carbons (Fsp3) is 0.750. The first-order valence-corrected chi connectivity index (χ1v) is 6.29. The summed E-state index contributed by atoms with van der Waals surface area (Å²) in [6.45, 7) is 2.04. The first kappa shape index (κ1) is 10.4. The Kier molecular flexibility index (Phi) is 2.61. The molecule has 1 aliphatic rings. The lowest BCUT2D eigenvalue weighted by Gasteiger charge is -2.26. The molecule has 6 heteroatoms. The van der Waals surface area contributed by atoms with E-state index in [0.717, 1.165) is 17.9 Å². The van der Waals surface area contributed by atoms with Crippen LogP contribution in [-0.4, -0.2) is 31.1 Å². The smallest absolute Gasteiger partial charge is 0.154 e. The highest BCUT2D eigenvalue weighted by atomic mass is 79.9. The molecule has 1 aliphatic heterocycles. The Balaban J connectivity index is 2.47. The number of aliphatic hydroxyl groups is 1. The van der Waals surface area contributed by atoms with Crippen molar-refractivity contribution in [1.82, 2.24) is 15.0 Å². The number of thioether (sulfide) groups is 1. The van der Waals surface area contributed by atoms with Gasteiger partial charge in [0.2, 0.25) is 0 Å². The van der Waals surface area contributed by atoms with E-state index >= 15 is 0 Å². The summed E-state index contributed by atoms with van der Waals surface area (Å²) in [4.78, 5) is 0. The van der Waals surface area contributed by atoms with Gasteiger partial charge in [0.15, 0.2) is 4.60 Å². The molecule has 0 spiro atoms. The molecule has 1 N–H and O–H groups in total. The van der Waals surface area contributed by atoms with Gasteiger partial charge in [-0.2, -0.15) is 11.8 Å². The third kappa shape index (κ3) is 1.40. The molecule has 0 radical (unpaired) electrons. The number of rotatable bonds is 1. The highest BCUT2D eigenvalue weighted by Crippen LogP contribution is 2.44. The minimum atomic E-state index is -0.790. The second kappa shape index (κ2) is 3.50. The second-order valence-corrected chi connectivity index (χ2v) is 5.74. The summed E-state index contributed by atoms with van der Waals surface area (Å²) >= 11 is 5.11. The molecule has 1 aromatic heterocycles. The van der Waals surface area contributed by atoms with Gasteiger partial charge in [0.25, 0.3) is 0 Å². The maximum absolute atomic E-state index is 10.5. The van der Waals surface area contributed by atoms with E-state index in [1.165, 1.54) is 0 Å². The van der Waals surface area contributed by atoms with Gasteiger partial charge >= 0.3 is 0 Å². The largest absolute Gasteiger partial charge is 0.382 e. The summed E-state index contributed by atoms with van der Waals surface area (Å²) in [5.41, 5.74) is -0.00289. The fourth-order valence-corrected chi connectivity index (χ4v) is 3.79. The average molecular weight is 278 g/mol. The molecule has 1 fully saturated rings. The highest BCUT2D eigenvalue weighted by Gasteiger charge is 2.44. The van der Waals surface area contributed by atoms with E-state index in [4.69, 9.17) is 0 Å². The van der Waals surface area contributed by atoms with Crippen LogP contribution in [-0.2, 0) is 12.6 Å². The van der Waals surface area contributed by atoms with Gasteiger partial charge in [-0.25, -0.2) is 4.68 Å². The van der Waals surface area contributed by atoms with Crippen LogP contribution in [0.5, 0.6) is 0 Å². The summed E-state index contributed by atoms with van der Waals surface area (Å²) in [7, 11) is 1.81. The van der Waals surface area contributed by atoms with Crippen molar-refractivity contribution < 1.29 is 5.11 Å². The summed E-state index contributed by atoms with van der Waals surface area (Å²) in [6.07, 6.45) is 0.763. The Bertz CT molecular complexity index is 337. The van der Waals surface area contributed by atoms with Gasteiger partial charge in [0.05, 0.1) is 0 Å². The van der Waals surface area contributed by atoms with E-state index in [1.807, 2.05) is 6.92 Å². The Hall–Kier alpha value is -0.0700. The minimum Gasteiger partial charge on any atom is -0.382 e. The number of hydrogen-bond acceptors (Lipinski definition) is 4. The molecule has 2 rings (SSSR count). The third-order valence-electron chi connectivity index (χ3n) is 2.72. The van der Waals surface area contributed by atoms with Crippen molar-refractivity contribution in [3.05, 3.63) is 10.3 Å². The van der Waals surface area contributed by atoms with Gasteiger partial charge in [-0.3, -0.25) is 0 Å². The van der Waals surface area contributed by atoms with Gasteiger partial charge in [-0.05, 0) is 28.1 Å². The molecule has 1 saturated heterocycles. The van der Waals surface area contributed by atoms with Crippen molar-refractivity contribution in [3.8, 4) is 0 Å². The molecule has 0 saturated carbocycles. The maximum atomic E-state index is 10.5. The monoisotopic (exact) mass is 277 g/mol. The van der Waals surface area contributed by atoms with Gasteiger partial charge in [-0.1, -0.05) is 12.1 Å². The van der Waals surface area contributed by atoms with Gasteiger partial charge in [0.1, 0.15) is 11.3 Å². The van der Waals surface area contributed by atoms with Crippen molar-refractivity contribution in [2.75, 3.05) is 5.75 Å². The SMILES string of the molecule is CC1SCCC1(O)c1c(Br)nnn1C. The second-order valence-electron chi connectivity index (χ2n) is 3.54. The molecule has 2 unspecified atom stereocenters. The molecule has 0 amide bonds. The maximum Gasteiger partial charge on any atom is 0.154 e. The molecule has 0 aromatic carbocycles. The topological polar surface area (TPSA) is 50.9 Å². The van der Waals surface area contributed by atoms with Crippen LogP contribution >= 0.6 is 27.7 Å². The Labute approximate surface area is 95.2 Å². The van der Waals surface area contributed by atoms with E-state index in [9.17, 15) is 5.11 Å². The normalized spacial score (nSPS) is 32.4. The van der Waals surface area contributed by atoms with Crippen molar-refractivity contribution in [3.63, 3.8) is 0 Å². The molecule has 14 heavy (non-hydrogen) atoms. The first-order valence-electron chi connectivity index (χ1n) is 4.45. The average Bonchev–Trinajstić information content (AvgIpc) is 2.60. The van der Waals surface area contributed by atoms with Crippen LogP contribution in [0.3, 0.4) is 0 Å². The molecule has 4 nitrogen and oxygen atoms in total. The summed E-state index contributed by atoms with van der Waals surface area (Å²) < 4.78 is 2.30. The Morgan fingerprint density at radius 3 is 2.86 bits per heavy atom. The number of aromatic nitrogens is 3. The Morgan fingerprint density at radius 2 is 2.43 bits per heavy atom. The summed E-state index contributed by atoms with van der Waals surface area (Å²) in [6, 6.07) is 0. The number of halogens is 1. The van der Waals surface area contributed by atoms with Gasteiger partial charge in [0, 0.05) is 12.3 Å².